The Kier molecular flexibility index (Phi) is 4.59. The number of thiophene rings is 1. The minimum atomic E-state index is -0.0474. The summed E-state index contributed by atoms with van der Waals surface area (Å²) in [5.41, 5.74) is 2.15. The Morgan fingerprint density at radius 1 is 1.28 bits per heavy atom. The average Bonchev–Trinajstić information content (AvgIpc) is 3.21. The zero-order valence-corrected chi connectivity index (χ0v) is 15.4. The SMILES string of the molecule is COc1ccc(NC(=O)CSc2ncnc3sc4c(c23)CCC4)cc1. The monoisotopic (exact) mass is 371 g/mol. The third-order valence-corrected chi connectivity index (χ3v) is 6.37. The molecule has 1 aliphatic rings. The summed E-state index contributed by atoms with van der Waals surface area (Å²) in [6.45, 7) is 0. The van der Waals surface area contributed by atoms with Crippen LogP contribution in [0.3, 0.4) is 0 Å². The minimum Gasteiger partial charge on any atom is -0.497 e. The van der Waals surface area contributed by atoms with Crippen LogP contribution >= 0.6 is 23.1 Å². The van der Waals surface area contributed by atoms with Gasteiger partial charge in [0.05, 0.1) is 12.9 Å². The van der Waals surface area contributed by atoms with Gasteiger partial charge in [-0.1, -0.05) is 11.8 Å². The molecule has 0 saturated carbocycles. The van der Waals surface area contributed by atoms with Crippen LogP contribution in [0.25, 0.3) is 10.2 Å². The number of fused-ring (bicyclic) bond motifs is 3. The summed E-state index contributed by atoms with van der Waals surface area (Å²) >= 11 is 3.24. The van der Waals surface area contributed by atoms with Crippen molar-refractivity contribution in [2.45, 2.75) is 24.3 Å². The number of anilines is 1. The first-order chi connectivity index (χ1) is 12.2. The van der Waals surface area contributed by atoms with Gasteiger partial charge in [0.1, 0.15) is 21.9 Å². The summed E-state index contributed by atoms with van der Waals surface area (Å²) in [4.78, 5) is 23.5. The van der Waals surface area contributed by atoms with E-state index in [1.807, 2.05) is 24.3 Å². The van der Waals surface area contributed by atoms with Gasteiger partial charge < -0.3 is 10.1 Å². The molecule has 1 aromatic carbocycles. The smallest absolute Gasteiger partial charge is 0.234 e. The van der Waals surface area contributed by atoms with Crippen LogP contribution in [0.5, 0.6) is 5.75 Å². The lowest BCUT2D eigenvalue weighted by molar-refractivity contribution is -0.113. The zero-order chi connectivity index (χ0) is 17.2. The van der Waals surface area contributed by atoms with Gasteiger partial charge in [0.2, 0.25) is 5.91 Å². The van der Waals surface area contributed by atoms with E-state index in [1.165, 1.54) is 28.6 Å². The van der Waals surface area contributed by atoms with Crippen LogP contribution in [0.2, 0.25) is 0 Å². The molecule has 5 nitrogen and oxygen atoms in total. The largest absolute Gasteiger partial charge is 0.497 e. The standard InChI is InChI=1S/C18H17N3O2S2/c1-23-12-7-5-11(6-8-12)21-15(22)9-24-17-16-13-3-2-4-14(13)25-18(16)20-10-19-17/h5-8,10H,2-4,9H2,1H3,(H,21,22). The molecule has 0 unspecified atom stereocenters. The zero-order valence-electron chi connectivity index (χ0n) is 13.7. The fraction of sp³-hybridized carbons (Fsp3) is 0.278. The number of hydrogen-bond donors (Lipinski definition) is 1. The Labute approximate surface area is 153 Å². The van der Waals surface area contributed by atoms with E-state index >= 15 is 0 Å². The molecule has 0 aliphatic heterocycles. The Bertz CT molecular complexity index is 922. The predicted molar refractivity (Wildman–Crippen MR) is 102 cm³/mol. The van der Waals surface area contributed by atoms with E-state index in [9.17, 15) is 4.79 Å². The molecule has 25 heavy (non-hydrogen) atoms. The van der Waals surface area contributed by atoms with E-state index in [0.29, 0.717) is 5.75 Å². The number of carbonyl (C=O) groups is 1. The number of thioether (sulfide) groups is 1. The molecule has 1 aliphatic carbocycles. The third-order valence-electron chi connectivity index (χ3n) is 4.18. The molecule has 0 atom stereocenters. The first kappa shape index (κ1) is 16.4. The Morgan fingerprint density at radius 3 is 2.92 bits per heavy atom. The van der Waals surface area contributed by atoms with Crippen LogP contribution in [-0.4, -0.2) is 28.7 Å². The fourth-order valence-corrected chi connectivity index (χ4v) is 5.13. The van der Waals surface area contributed by atoms with Crippen LogP contribution in [0.1, 0.15) is 16.9 Å². The summed E-state index contributed by atoms with van der Waals surface area (Å²) in [6.07, 6.45) is 5.03. The number of ether oxygens (including phenoxy) is 1. The van der Waals surface area contributed by atoms with Gasteiger partial charge in [-0.3, -0.25) is 4.79 Å². The normalized spacial score (nSPS) is 13.0. The molecule has 0 fully saturated rings. The molecule has 2 aromatic heterocycles. The van der Waals surface area contributed by atoms with E-state index in [0.717, 1.165) is 39.5 Å². The number of nitrogens with one attached hydrogen (secondary N) is 1. The molecular weight excluding hydrogens is 354 g/mol. The maximum atomic E-state index is 12.2. The second kappa shape index (κ2) is 7.01. The van der Waals surface area contributed by atoms with Crippen molar-refractivity contribution in [3.63, 3.8) is 0 Å². The number of aromatic nitrogens is 2. The highest BCUT2D eigenvalue weighted by molar-refractivity contribution is 8.00. The van der Waals surface area contributed by atoms with Gasteiger partial charge in [-0.15, -0.1) is 11.3 Å². The molecule has 7 heteroatoms. The van der Waals surface area contributed by atoms with E-state index in [4.69, 9.17) is 4.74 Å². The second-order valence-electron chi connectivity index (χ2n) is 5.78. The number of rotatable bonds is 5. The van der Waals surface area contributed by atoms with Crippen molar-refractivity contribution in [3.05, 3.63) is 41.0 Å². The molecule has 0 radical (unpaired) electrons. The number of hydrogen-bond acceptors (Lipinski definition) is 6. The molecule has 0 bridgehead atoms. The molecule has 2 heterocycles. The maximum Gasteiger partial charge on any atom is 0.234 e. The first-order valence-electron chi connectivity index (χ1n) is 8.06. The number of carbonyl (C=O) groups excluding carboxylic acids is 1. The van der Waals surface area contributed by atoms with Crippen molar-refractivity contribution in [1.29, 1.82) is 0 Å². The van der Waals surface area contributed by atoms with Gasteiger partial charge in [-0.2, -0.15) is 0 Å². The van der Waals surface area contributed by atoms with E-state index in [1.54, 1.807) is 24.8 Å². The van der Waals surface area contributed by atoms with Crippen LogP contribution in [-0.2, 0) is 17.6 Å². The highest BCUT2D eigenvalue weighted by atomic mass is 32.2. The minimum absolute atomic E-state index is 0.0474. The molecule has 3 aromatic rings. The van der Waals surface area contributed by atoms with Gasteiger partial charge in [0.15, 0.2) is 0 Å². The topological polar surface area (TPSA) is 64.1 Å². The lowest BCUT2D eigenvalue weighted by Crippen LogP contribution is -2.14. The van der Waals surface area contributed by atoms with E-state index in [-0.39, 0.29) is 5.91 Å². The second-order valence-corrected chi connectivity index (χ2v) is 7.83. The molecule has 1 N–H and O–H groups in total. The summed E-state index contributed by atoms with van der Waals surface area (Å²) < 4.78 is 5.12. The Hall–Kier alpha value is -2.12. The lowest BCUT2D eigenvalue weighted by atomic mass is 10.2. The fourth-order valence-electron chi connectivity index (χ4n) is 3.01. The van der Waals surface area contributed by atoms with Crippen LogP contribution in [0.4, 0.5) is 5.69 Å². The molecule has 4 rings (SSSR count). The van der Waals surface area contributed by atoms with Crippen molar-refractivity contribution in [1.82, 2.24) is 9.97 Å². The van der Waals surface area contributed by atoms with Crippen molar-refractivity contribution in [2.24, 2.45) is 0 Å². The van der Waals surface area contributed by atoms with Gasteiger partial charge >= 0.3 is 0 Å². The summed E-state index contributed by atoms with van der Waals surface area (Å²) in [7, 11) is 1.62. The lowest BCUT2D eigenvalue weighted by Gasteiger charge is -2.07. The highest BCUT2D eigenvalue weighted by Gasteiger charge is 2.21. The summed E-state index contributed by atoms with van der Waals surface area (Å²) in [5.74, 6) is 1.04. The molecule has 1 amide bonds. The Morgan fingerprint density at radius 2 is 2.12 bits per heavy atom. The highest BCUT2D eigenvalue weighted by Crippen LogP contribution is 2.39. The Balaban J connectivity index is 1.46. The van der Waals surface area contributed by atoms with E-state index < -0.39 is 0 Å². The summed E-state index contributed by atoms with van der Waals surface area (Å²) in [6, 6.07) is 7.31. The van der Waals surface area contributed by atoms with Gasteiger partial charge in [-0.05, 0) is 49.1 Å². The van der Waals surface area contributed by atoms with Crippen molar-refractivity contribution in [2.75, 3.05) is 18.2 Å². The van der Waals surface area contributed by atoms with Crippen LogP contribution in [0.15, 0.2) is 35.6 Å². The number of amides is 1. The number of methoxy groups -OCH3 is 1. The molecular formula is C18H17N3O2S2. The number of benzene rings is 1. The first-order valence-corrected chi connectivity index (χ1v) is 9.87. The number of aryl methyl sites for hydroxylation is 2. The number of nitrogens with zero attached hydrogens (tertiary/aromatic N) is 2. The average molecular weight is 371 g/mol. The van der Waals surface area contributed by atoms with Crippen LogP contribution < -0.4 is 10.1 Å². The predicted octanol–water partition coefficient (Wildman–Crippen LogP) is 3.92. The summed E-state index contributed by atoms with van der Waals surface area (Å²) in [5, 5.41) is 4.97. The van der Waals surface area contributed by atoms with Crippen molar-refractivity contribution in [3.8, 4) is 5.75 Å². The molecule has 0 saturated heterocycles. The van der Waals surface area contributed by atoms with Crippen molar-refractivity contribution < 1.29 is 9.53 Å². The maximum absolute atomic E-state index is 12.2. The van der Waals surface area contributed by atoms with Gasteiger partial charge in [0.25, 0.3) is 0 Å². The molecule has 0 spiro atoms. The molecule has 128 valence electrons. The van der Waals surface area contributed by atoms with Gasteiger partial charge in [-0.25, -0.2) is 9.97 Å². The van der Waals surface area contributed by atoms with Gasteiger partial charge in [0, 0.05) is 16.0 Å². The van der Waals surface area contributed by atoms with Crippen molar-refractivity contribution >= 4 is 44.9 Å². The quantitative estimate of drug-likeness (QED) is 0.544. The van der Waals surface area contributed by atoms with Crippen LogP contribution in [0, 0.1) is 0 Å². The van der Waals surface area contributed by atoms with E-state index in [2.05, 4.69) is 15.3 Å². The third kappa shape index (κ3) is 3.34.